The van der Waals surface area contributed by atoms with E-state index in [1.54, 1.807) is 41.5 Å². The summed E-state index contributed by atoms with van der Waals surface area (Å²) in [6.45, 7) is 6.64. The Morgan fingerprint density at radius 1 is 0.705 bits per heavy atom. The predicted molar refractivity (Wildman–Crippen MR) is 159 cm³/mol. The summed E-state index contributed by atoms with van der Waals surface area (Å²) in [6.07, 6.45) is 2.74. The molecule has 0 aliphatic rings. The Bertz CT molecular complexity index is 1220. The molecule has 246 valence electrons. The molecule has 2 aromatic heterocycles. The van der Waals surface area contributed by atoms with Gasteiger partial charge in [-0.25, -0.2) is 0 Å². The molecule has 2 heterocycles. The molecule has 2 aromatic rings. The van der Waals surface area contributed by atoms with Crippen molar-refractivity contribution in [2.45, 2.75) is 79.9 Å². The molecule has 2 unspecified atom stereocenters. The van der Waals surface area contributed by atoms with E-state index in [1.165, 1.54) is 22.2 Å². The lowest BCUT2D eigenvalue weighted by Gasteiger charge is -2.42. The maximum atomic E-state index is 12.7. The van der Waals surface area contributed by atoms with Crippen LogP contribution in [0.15, 0.2) is 12.4 Å². The average molecular weight is 623 g/mol. The van der Waals surface area contributed by atoms with Crippen molar-refractivity contribution < 1.29 is 50.4 Å². The zero-order valence-corrected chi connectivity index (χ0v) is 26.1. The molecular formula is C30H46N4O10. The van der Waals surface area contributed by atoms with Crippen molar-refractivity contribution in [1.82, 2.24) is 19.8 Å². The van der Waals surface area contributed by atoms with E-state index >= 15 is 0 Å². The second-order valence-electron chi connectivity index (χ2n) is 12.4. The molecule has 2 rings (SSSR count). The third-order valence-corrected chi connectivity index (χ3v) is 8.09. The summed E-state index contributed by atoms with van der Waals surface area (Å²) >= 11 is 0. The lowest BCUT2D eigenvalue weighted by molar-refractivity contribution is -0.153. The molecule has 44 heavy (non-hydrogen) atoms. The number of hydrogen-bond acceptors (Lipinski definition) is 12. The number of carboxylic acid groups (broad SMARTS) is 2. The smallest absolute Gasteiger partial charge is 0.321 e. The minimum absolute atomic E-state index is 0.128. The second-order valence-corrected chi connectivity index (χ2v) is 12.4. The van der Waals surface area contributed by atoms with Crippen molar-refractivity contribution in [3.8, 4) is 11.5 Å². The van der Waals surface area contributed by atoms with Crippen LogP contribution in [0.25, 0.3) is 0 Å². The number of nitrogens with zero attached hydrogens (tertiary/aromatic N) is 4. The number of carboxylic acids is 2. The van der Waals surface area contributed by atoms with E-state index in [0.29, 0.717) is 0 Å². The van der Waals surface area contributed by atoms with Crippen LogP contribution >= 0.6 is 0 Å². The Kier molecular flexibility index (Phi) is 12.6. The highest BCUT2D eigenvalue weighted by Crippen LogP contribution is 2.33. The number of aromatic nitrogens is 2. The molecule has 0 aliphatic carbocycles. The summed E-state index contributed by atoms with van der Waals surface area (Å²) in [6, 6.07) is -2.68. The summed E-state index contributed by atoms with van der Waals surface area (Å²) in [5.41, 5.74) is -0.954. The predicted octanol–water partition coefficient (Wildman–Crippen LogP) is 0.737. The molecule has 14 heteroatoms. The molecule has 0 bridgehead atoms. The van der Waals surface area contributed by atoms with Gasteiger partial charge in [-0.2, -0.15) is 0 Å². The molecule has 0 amide bonds. The first-order valence-corrected chi connectivity index (χ1v) is 14.2. The van der Waals surface area contributed by atoms with E-state index in [1.807, 2.05) is 0 Å². The molecule has 0 radical (unpaired) electrons. The van der Waals surface area contributed by atoms with Crippen molar-refractivity contribution in [3.63, 3.8) is 0 Å². The molecule has 0 spiro atoms. The SMILES string of the molecule is Cc1ncc(CO)c(CN(CCN(Cc2c(CO)cnc(C)c2O)C(C(=O)O)C(C)(C)CO)C(C(=O)O)C(C)(C)CO)c1O. The van der Waals surface area contributed by atoms with Crippen LogP contribution in [0.1, 0.15) is 61.3 Å². The van der Waals surface area contributed by atoms with Gasteiger partial charge in [0, 0.05) is 71.7 Å². The van der Waals surface area contributed by atoms with Gasteiger partial charge < -0.3 is 40.9 Å². The monoisotopic (exact) mass is 622 g/mol. The first-order valence-electron chi connectivity index (χ1n) is 14.2. The number of aliphatic hydroxyl groups is 4. The average Bonchev–Trinajstić information content (AvgIpc) is 2.95. The summed E-state index contributed by atoms with van der Waals surface area (Å²) in [5.74, 6) is -3.03. The van der Waals surface area contributed by atoms with Crippen molar-refractivity contribution in [2.75, 3.05) is 26.3 Å². The summed E-state index contributed by atoms with van der Waals surface area (Å²) in [4.78, 5) is 36.5. The molecular weight excluding hydrogens is 576 g/mol. The molecule has 0 saturated heterocycles. The highest BCUT2D eigenvalue weighted by molar-refractivity contribution is 5.75. The van der Waals surface area contributed by atoms with Crippen molar-refractivity contribution in [1.29, 1.82) is 0 Å². The van der Waals surface area contributed by atoms with Crippen LogP contribution in [0.4, 0.5) is 0 Å². The highest BCUT2D eigenvalue weighted by Gasteiger charge is 2.43. The van der Waals surface area contributed by atoms with E-state index in [4.69, 9.17) is 0 Å². The zero-order valence-electron chi connectivity index (χ0n) is 26.1. The number of aliphatic carboxylic acids is 2. The van der Waals surface area contributed by atoms with Crippen LogP contribution in [0.3, 0.4) is 0 Å². The fourth-order valence-electron chi connectivity index (χ4n) is 5.40. The third-order valence-electron chi connectivity index (χ3n) is 8.09. The van der Waals surface area contributed by atoms with Crippen LogP contribution in [0.2, 0.25) is 0 Å². The van der Waals surface area contributed by atoms with Crippen LogP contribution in [0, 0.1) is 24.7 Å². The van der Waals surface area contributed by atoms with E-state index < -0.39 is 61.3 Å². The van der Waals surface area contributed by atoms with Gasteiger partial charge in [-0.1, -0.05) is 27.7 Å². The van der Waals surface area contributed by atoms with Gasteiger partial charge >= 0.3 is 11.9 Å². The molecule has 14 nitrogen and oxygen atoms in total. The van der Waals surface area contributed by atoms with E-state index in [0.717, 1.165) is 0 Å². The van der Waals surface area contributed by atoms with Gasteiger partial charge in [-0.05, 0) is 13.8 Å². The number of aromatic hydroxyl groups is 2. The number of pyridine rings is 2. The maximum absolute atomic E-state index is 12.7. The quantitative estimate of drug-likeness (QED) is 0.122. The Balaban J connectivity index is 2.73. The third kappa shape index (κ3) is 8.20. The van der Waals surface area contributed by atoms with Gasteiger partial charge in [0.1, 0.15) is 23.6 Å². The van der Waals surface area contributed by atoms with Gasteiger partial charge in [0.2, 0.25) is 0 Å². The summed E-state index contributed by atoms with van der Waals surface area (Å²) < 4.78 is 0. The summed E-state index contributed by atoms with van der Waals surface area (Å²) in [7, 11) is 0. The normalized spacial score (nSPS) is 13.8. The number of aryl methyl sites for hydroxylation is 2. The molecule has 2 atom stereocenters. The Hall–Kier alpha value is -3.40. The molecule has 0 aliphatic heterocycles. The molecule has 8 N–H and O–H groups in total. The topological polar surface area (TPSA) is 228 Å². The van der Waals surface area contributed by atoms with E-state index in [2.05, 4.69) is 9.97 Å². The van der Waals surface area contributed by atoms with Gasteiger partial charge in [-0.15, -0.1) is 0 Å². The van der Waals surface area contributed by atoms with E-state index in [9.17, 15) is 50.4 Å². The second kappa shape index (κ2) is 15.1. The van der Waals surface area contributed by atoms with Crippen LogP contribution in [-0.4, -0.2) is 111 Å². The fraction of sp³-hybridized carbons (Fsp3) is 0.600. The Labute approximate surface area is 256 Å². The standard InChI is InChI=1S/C30H46N4O10/c1-17-23(39)21(19(13-35)9-31-17)11-33(25(27(41)42)29(3,4)15-37)7-8-34(26(28(43)44)30(5,6)16-38)12-22-20(14-36)10-32-18(2)24(22)40/h9-10,25-26,35-40H,7-8,11-16H2,1-6H3,(H,41,42)(H,43,44). The lowest BCUT2D eigenvalue weighted by Crippen LogP contribution is -2.56. The minimum Gasteiger partial charge on any atom is -0.506 e. The number of hydrogen-bond donors (Lipinski definition) is 8. The van der Waals surface area contributed by atoms with Crippen LogP contribution in [-0.2, 0) is 35.9 Å². The molecule has 0 fully saturated rings. The highest BCUT2D eigenvalue weighted by atomic mass is 16.4. The van der Waals surface area contributed by atoms with Gasteiger partial charge in [0.05, 0.1) is 37.8 Å². The van der Waals surface area contributed by atoms with Crippen LogP contribution < -0.4 is 0 Å². The van der Waals surface area contributed by atoms with Crippen molar-refractivity contribution in [2.24, 2.45) is 10.8 Å². The largest absolute Gasteiger partial charge is 0.506 e. The van der Waals surface area contributed by atoms with Gasteiger partial charge in [0.25, 0.3) is 0 Å². The molecule has 0 aromatic carbocycles. The van der Waals surface area contributed by atoms with Gasteiger partial charge in [-0.3, -0.25) is 29.4 Å². The lowest BCUT2D eigenvalue weighted by atomic mass is 9.83. The van der Waals surface area contributed by atoms with Gasteiger partial charge in [0.15, 0.2) is 0 Å². The fourth-order valence-corrected chi connectivity index (χ4v) is 5.40. The Morgan fingerprint density at radius 2 is 1.02 bits per heavy atom. The summed E-state index contributed by atoms with van der Waals surface area (Å²) in [5, 5.41) is 82.6. The maximum Gasteiger partial charge on any atom is 0.321 e. The number of rotatable bonds is 17. The molecule has 0 saturated carbocycles. The zero-order chi connectivity index (χ0) is 33.6. The number of aliphatic hydroxyl groups excluding tert-OH is 4. The van der Waals surface area contributed by atoms with Crippen molar-refractivity contribution in [3.05, 3.63) is 46.0 Å². The van der Waals surface area contributed by atoms with Crippen LogP contribution in [0.5, 0.6) is 11.5 Å². The van der Waals surface area contributed by atoms with E-state index in [-0.39, 0.29) is 71.3 Å². The first kappa shape index (κ1) is 36.8. The minimum atomic E-state index is -1.34. The first-order chi connectivity index (χ1) is 20.5. The number of carbonyl (C=O) groups is 2. The van der Waals surface area contributed by atoms with Crippen molar-refractivity contribution >= 4 is 11.9 Å². The Morgan fingerprint density at radius 3 is 1.27 bits per heavy atom.